The number of rotatable bonds is 1. The standard InChI is InChI=1S/C7H14FN/c8-5-6-2-1-3-7(9)4-6/h6-7H,1-5,9H2/t6-,7+/m0/s1. The SMILES string of the molecule is N[C@@H]1CCC[C@H](CF)C1. The highest BCUT2D eigenvalue weighted by Gasteiger charge is 2.18. The molecule has 1 nitrogen and oxygen atoms in total. The highest BCUT2D eigenvalue weighted by Crippen LogP contribution is 2.22. The van der Waals surface area contributed by atoms with Gasteiger partial charge in [0.25, 0.3) is 0 Å². The van der Waals surface area contributed by atoms with Crippen LogP contribution in [0.25, 0.3) is 0 Å². The lowest BCUT2D eigenvalue weighted by Gasteiger charge is -2.23. The summed E-state index contributed by atoms with van der Waals surface area (Å²) in [5, 5.41) is 0. The van der Waals surface area contributed by atoms with Gasteiger partial charge in [0, 0.05) is 6.04 Å². The van der Waals surface area contributed by atoms with Gasteiger partial charge in [-0.25, -0.2) is 0 Å². The van der Waals surface area contributed by atoms with Crippen molar-refractivity contribution in [3.8, 4) is 0 Å². The van der Waals surface area contributed by atoms with E-state index >= 15 is 0 Å². The van der Waals surface area contributed by atoms with E-state index in [-0.39, 0.29) is 18.6 Å². The van der Waals surface area contributed by atoms with E-state index in [0.29, 0.717) is 0 Å². The fourth-order valence-corrected chi connectivity index (χ4v) is 1.47. The van der Waals surface area contributed by atoms with Crippen LogP contribution in [0.2, 0.25) is 0 Å². The van der Waals surface area contributed by atoms with E-state index in [1.165, 1.54) is 0 Å². The van der Waals surface area contributed by atoms with E-state index in [0.717, 1.165) is 25.7 Å². The Labute approximate surface area is 55.4 Å². The Morgan fingerprint density at radius 1 is 1.44 bits per heavy atom. The Morgan fingerprint density at radius 3 is 2.67 bits per heavy atom. The van der Waals surface area contributed by atoms with Crippen LogP contribution in [-0.4, -0.2) is 12.7 Å². The average Bonchev–Trinajstić information content (AvgIpc) is 1.88. The van der Waals surface area contributed by atoms with E-state index < -0.39 is 0 Å². The summed E-state index contributed by atoms with van der Waals surface area (Å²) in [5.41, 5.74) is 5.63. The Kier molecular flexibility index (Phi) is 2.46. The Morgan fingerprint density at radius 2 is 2.22 bits per heavy atom. The highest BCUT2D eigenvalue weighted by atomic mass is 19.1. The smallest absolute Gasteiger partial charge is 0.0923 e. The van der Waals surface area contributed by atoms with Gasteiger partial charge in [-0.3, -0.25) is 4.39 Å². The van der Waals surface area contributed by atoms with Crippen LogP contribution in [0.5, 0.6) is 0 Å². The second-order valence-corrected chi connectivity index (χ2v) is 2.95. The molecule has 0 radical (unpaired) electrons. The summed E-state index contributed by atoms with van der Waals surface area (Å²) in [7, 11) is 0. The van der Waals surface area contributed by atoms with Gasteiger partial charge in [-0.15, -0.1) is 0 Å². The predicted molar refractivity (Wildman–Crippen MR) is 35.9 cm³/mol. The molecule has 0 heterocycles. The van der Waals surface area contributed by atoms with Crippen LogP contribution in [-0.2, 0) is 0 Å². The van der Waals surface area contributed by atoms with Gasteiger partial charge in [0.1, 0.15) is 0 Å². The van der Waals surface area contributed by atoms with E-state index in [1.54, 1.807) is 0 Å². The van der Waals surface area contributed by atoms with E-state index in [2.05, 4.69) is 0 Å². The van der Waals surface area contributed by atoms with E-state index in [9.17, 15) is 4.39 Å². The van der Waals surface area contributed by atoms with Crippen LogP contribution in [0.3, 0.4) is 0 Å². The maximum atomic E-state index is 12.0. The van der Waals surface area contributed by atoms with Crippen LogP contribution >= 0.6 is 0 Å². The third kappa shape index (κ3) is 1.94. The van der Waals surface area contributed by atoms with Gasteiger partial charge >= 0.3 is 0 Å². The summed E-state index contributed by atoms with van der Waals surface area (Å²) in [5.74, 6) is 0.272. The fourth-order valence-electron chi connectivity index (χ4n) is 1.47. The summed E-state index contributed by atoms with van der Waals surface area (Å²) < 4.78 is 12.0. The molecule has 2 N–H and O–H groups in total. The second-order valence-electron chi connectivity index (χ2n) is 2.95. The summed E-state index contributed by atoms with van der Waals surface area (Å²) in [4.78, 5) is 0. The van der Waals surface area contributed by atoms with Gasteiger partial charge in [0.05, 0.1) is 6.67 Å². The molecule has 0 aromatic heterocycles. The maximum absolute atomic E-state index is 12.0. The summed E-state index contributed by atoms with van der Waals surface area (Å²) in [6, 6.07) is 0.277. The van der Waals surface area contributed by atoms with Crippen molar-refractivity contribution in [1.29, 1.82) is 0 Å². The third-order valence-electron chi connectivity index (χ3n) is 2.04. The number of hydrogen-bond donors (Lipinski definition) is 1. The van der Waals surface area contributed by atoms with Crippen LogP contribution in [0.1, 0.15) is 25.7 Å². The molecule has 1 aliphatic rings. The molecule has 9 heavy (non-hydrogen) atoms. The van der Waals surface area contributed by atoms with Gasteiger partial charge in [-0.1, -0.05) is 6.42 Å². The lowest BCUT2D eigenvalue weighted by molar-refractivity contribution is 0.260. The molecule has 1 rings (SSSR count). The van der Waals surface area contributed by atoms with Crippen molar-refractivity contribution in [2.75, 3.05) is 6.67 Å². The van der Waals surface area contributed by atoms with Gasteiger partial charge < -0.3 is 5.73 Å². The molecule has 1 aliphatic carbocycles. The van der Waals surface area contributed by atoms with E-state index in [4.69, 9.17) is 5.73 Å². The van der Waals surface area contributed by atoms with Crippen molar-refractivity contribution >= 4 is 0 Å². The fraction of sp³-hybridized carbons (Fsp3) is 1.00. The quantitative estimate of drug-likeness (QED) is 0.573. The van der Waals surface area contributed by atoms with Crippen molar-refractivity contribution in [3.05, 3.63) is 0 Å². The average molecular weight is 131 g/mol. The third-order valence-corrected chi connectivity index (χ3v) is 2.04. The molecule has 2 atom stereocenters. The predicted octanol–water partition coefficient (Wildman–Crippen LogP) is 1.47. The first-order valence-electron chi connectivity index (χ1n) is 3.64. The molecule has 2 heteroatoms. The summed E-state index contributed by atoms with van der Waals surface area (Å²) >= 11 is 0. The Balaban J connectivity index is 2.23. The van der Waals surface area contributed by atoms with E-state index in [1.807, 2.05) is 0 Å². The maximum Gasteiger partial charge on any atom is 0.0923 e. The molecule has 0 bridgehead atoms. The molecule has 1 fully saturated rings. The molecule has 0 aliphatic heterocycles. The van der Waals surface area contributed by atoms with Gasteiger partial charge in [0.15, 0.2) is 0 Å². The second kappa shape index (κ2) is 3.16. The minimum atomic E-state index is -0.173. The lowest BCUT2D eigenvalue weighted by Crippen LogP contribution is -2.28. The molecule has 0 aromatic rings. The molecule has 0 aromatic carbocycles. The van der Waals surface area contributed by atoms with Crippen molar-refractivity contribution in [1.82, 2.24) is 0 Å². The monoisotopic (exact) mass is 131 g/mol. The van der Waals surface area contributed by atoms with Crippen LogP contribution in [0.15, 0.2) is 0 Å². The zero-order chi connectivity index (χ0) is 6.69. The lowest BCUT2D eigenvalue weighted by atomic mass is 9.87. The molecule has 1 saturated carbocycles. The van der Waals surface area contributed by atoms with Crippen molar-refractivity contribution in [3.63, 3.8) is 0 Å². The van der Waals surface area contributed by atoms with Crippen LogP contribution in [0.4, 0.5) is 4.39 Å². The highest BCUT2D eigenvalue weighted by molar-refractivity contribution is 4.74. The first-order valence-corrected chi connectivity index (χ1v) is 3.64. The zero-order valence-electron chi connectivity index (χ0n) is 5.65. The van der Waals surface area contributed by atoms with Crippen LogP contribution in [0, 0.1) is 5.92 Å². The largest absolute Gasteiger partial charge is 0.328 e. The number of halogens is 1. The minimum Gasteiger partial charge on any atom is -0.328 e. The normalized spacial score (nSPS) is 36.7. The Hall–Kier alpha value is -0.110. The summed E-state index contributed by atoms with van der Waals surface area (Å²) in [6.07, 6.45) is 4.16. The van der Waals surface area contributed by atoms with Gasteiger partial charge in [-0.05, 0) is 25.2 Å². The number of hydrogen-bond acceptors (Lipinski definition) is 1. The molecule has 0 spiro atoms. The molecule has 54 valence electrons. The Bertz CT molecular complexity index is 85.0. The summed E-state index contributed by atoms with van der Waals surface area (Å²) in [6.45, 7) is -0.173. The zero-order valence-corrected chi connectivity index (χ0v) is 5.65. The molecule has 0 unspecified atom stereocenters. The van der Waals surface area contributed by atoms with Gasteiger partial charge in [-0.2, -0.15) is 0 Å². The molecular formula is C7H14FN. The topological polar surface area (TPSA) is 26.0 Å². The molecular weight excluding hydrogens is 117 g/mol. The van der Waals surface area contributed by atoms with Crippen molar-refractivity contribution in [2.24, 2.45) is 11.7 Å². The van der Waals surface area contributed by atoms with Crippen molar-refractivity contribution in [2.45, 2.75) is 31.7 Å². The van der Waals surface area contributed by atoms with Crippen molar-refractivity contribution < 1.29 is 4.39 Å². The van der Waals surface area contributed by atoms with Gasteiger partial charge in [0.2, 0.25) is 0 Å². The molecule has 0 saturated heterocycles. The first kappa shape index (κ1) is 7.00. The number of nitrogens with two attached hydrogens (primary N) is 1. The minimum absolute atomic E-state index is 0.173. The number of alkyl halides is 1. The first-order chi connectivity index (χ1) is 4.33. The van der Waals surface area contributed by atoms with Crippen LogP contribution < -0.4 is 5.73 Å². The molecule has 0 amide bonds.